The minimum Gasteiger partial charge on any atom is -0.360 e. The second-order valence-corrected chi connectivity index (χ2v) is 6.55. The molecule has 2 aromatic rings. The summed E-state index contributed by atoms with van der Waals surface area (Å²) in [7, 11) is -3.73. The molecule has 0 saturated heterocycles. The van der Waals surface area contributed by atoms with Gasteiger partial charge in [0.2, 0.25) is 10.0 Å². The van der Waals surface area contributed by atoms with Gasteiger partial charge in [-0.15, -0.1) is 5.73 Å². The van der Waals surface area contributed by atoms with Crippen LogP contribution in [0.25, 0.3) is 16.7 Å². The second kappa shape index (κ2) is 7.27. The summed E-state index contributed by atoms with van der Waals surface area (Å²) in [6.07, 6.45) is 7.13. The quantitative estimate of drug-likeness (QED) is 0.664. The van der Waals surface area contributed by atoms with Crippen molar-refractivity contribution in [2.75, 3.05) is 0 Å². The van der Waals surface area contributed by atoms with Gasteiger partial charge in [-0.3, -0.25) is 0 Å². The predicted molar refractivity (Wildman–Crippen MR) is 94.6 cm³/mol. The van der Waals surface area contributed by atoms with Crippen molar-refractivity contribution in [3.8, 4) is 11.1 Å². The van der Waals surface area contributed by atoms with E-state index in [9.17, 15) is 8.42 Å². The molecule has 0 bridgehead atoms. The van der Waals surface area contributed by atoms with Crippen molar-refractivity contribution < 1.29 is 12.9 Å². The molecule has 0 unspecified atom stereocenters. The molecule has 0 aliphatic carbocycles. The molecule has 0 saturated carbocycles. The Morgan fingerprint density at radius 2 is 2.00 bits per heavy atom. The molecule has 0 radical (unpaired) electrons. The Bertz CT molecular complexity index is 943. The molecule has 24 heavy (non-hydrogen) atoms. The molecule has 1 aromatic carbocycles. The zero-order valence-electron chi connectivity index (χ0n) is 13.5. The van der Waals surface area contributed by atoms with Gasteiger partial charge in [0.05, 0.1) is 10.5 Å². The molecular formula is C18H18N2O3S. The van der Waals surface area contributed by atoms with E-state index < -0.39 is 10.0 Å². The molecule has 0 aliphatic rings. The first-order chi connectivity index (χ1) is 11.4. The monoisotopic (exact) mass is 342 g/mol. The lowest BCUT2D eigenvalue weighted by Crippen LogP contribution is -2.11. The SMILES string of the molecule is C=CC(=C=C/C=C\C)c1noc(C)c1-c1ccc(S(N)(=O)=O)cc1. The maximum atomic E-state index is 11.4. The Morgan fingerprint density at radius 1 is 1.33 bits per heavy atom. The zero-order chi connectivity index (χ0) is 17.7. The highest BCUT2D eigenvalue weighted by Crippen LogP contribution is 2.32. The number of nitrogens with two attached hydrogens (primary N) is 1. The van der Waals surface area contributed by atoms with Crippen LogP contribution in [0.2, 0.25) is 0 Å². The normalized spacial score (nSPS) is 11.3. The van der Waals surface area contributed by atoms with Crippen molar-refractivity contribution in [3.63, 3.8) is 0 Å². The Labute approximate surface area is 141 Å². The molecule has 0 fully saturated rings. The summed E-state index contributed by atoms with van der Waals surface area (Å²) in [5.74, 6) is 0.612. The highest BCUT2D eigenvalue weighted by Gasteiger charge is 2.17. The van der Waals surface area contributed by atoms with Crippen molar-refractivity contribution in [3.05, 3.63) is 72.3 Å². The van der Waals surface area contributed by atoms with Crippen molar-refractivity contribution >= 4 is 15.6 Å². The Balaban J connectivity index is 2.58. The number of primary sulfonamides is 1. The molecule has 2 N–H and O–H groups in total. The third kappa shape index (κ3) is 3.81. The Hall–Kier alpha value is -2.66. The van der Waals surface area contributed by atoms with Gasteiger partial charge in [0.1, 0.15) is 11.5 Å². The zero-order valence-corrected chi connectivity index (χ0v) is 14.3. The van der Waals surface area contributed by atoms with E-state index in [-0.39, 0.29) is 4.90 Å². The molecule has 0 amide bonds. The third-order valence-corrected chi connectivity index (χ3v) is 4.25. The van der Waals surface area contributed by atoms with E-state index in [1.165, 1.54) is 12.1 Å². The first kappa shape index (κ1) is 17.7. The summed E-state index contributed by atoms with van der Waals surface area (Å²) in [5, 5.41) is 9.21. The smallest absolute Gasteiger partial charge is 0.238 e. The van der Waals surface area contributed by atoms with Gasteiger partial charge in [0.15, 0.2) is 0 Å². The van der Waals surface area contributed by atoms with Crippen molar-refractivity contribution in [1.82, 2.24) is 5.16 Å². The van der Waals surface area contributed by atoms with Crippen LogP contribution in [0.5, 0.6) is 0 Å². The van der Waals surface area contributed by atoms with E-state index in [0.29, 0.717) is 17.0 Å². The van der Waals surface area contributed by atoms with Crippen LogP contribution in [0, 0.1) is 6.92 Å². The average molecular weight is 342 g/mol. The van der Waals surface area contributed by atoms with Gasteiger partial charge in [-0.1, -0.05) is 42.1 Å². The minimum absolute atomic E-state index is 0.0503. The molecule has 1 aromatic heterocycles. The van der Waals surface area contributed by atoms with Crippen LogP contribution in [0.3, 0.4) is 0 Å². The number of sulfonamides is 1. The summed E-state index contributed by atoms with van der Waals surface area (Å²) in [6.45, 7) is 7.48. The molecule has 1 heterocycles. The van der Waals surface area contributed by atoms with Gasteiger partial charge >= 0.3 is 0 Å². The topological polar surface area (TPSA) is 86.2 Å². The van der Waals surface area contributed by atoms with E-state index in [0.717, 1.165) is 11.1 Å². The predicted octanol–water partition coefficient (Wildman–Crippen LogP) is 3.60. The number of hydrogen-bond donors (Lipinski definition) is 1. The van der Waals surface area contributed by atoms with E-state index >= 15 is 0 Å². The van der Waals surface area contributed by atoms with Crippen LogP contribution in [0.4, 0.5) is 0 Å². The molecule has 124 valence electrons. The van der Waals surface area contributed by atoms with E-state index in [4.69, 9.17) is 9.66 Å². The van der Waals surface area contributed by atoms with Crippen LogP contribution in [0.15, 0.2) is 70.3 Å². The molecule has 0 atom stereocenters. The lowest BCUT2D eigenvalue weighted by Gasteiger charge is -2.04. The fraction of sp³-hybridized carbons (Fsp3) is 0.111. The molecule has 5 nitrogen and oxygen atoms in total. The van der Waals surface area contributed by atoms with Gasteiger partial charge < -0.3 is 4.52 Å². The largest absolute Gasteiger partial charge is 0.360 e. The molecule has 2 rings (SSSR count). The average Bonchev–Trinajstić information content (AvgIpc) is 2.92. The van der Waals surface area contributed by atoms with Crippen LogP contribution < -0.4 is 5.14 Å². The maximum Gasteiger partial charge on any atom is 0.238 e. The highest BCUT2D eigenvalue weighted by atomic mass is 32.2. The van der Waals surface area contributed by atoms with E-state index in [2.05, 4.69) is 17.5 Å². The van der Waals surface area contributed by atoms with Crippen LogP contribution in [0.1, 0.15) is 18.4 Å². The van der Waals surface area contributed by atoms with Gasteiger partial charge in [0, 0.05) is 5.57 Å². The van der Waals surface area contributed by atoms with E-state index in [1.54, 1.807) is 31.2 Å². The van der Waals surface area contributed by atoms with E-state index in [1.807, 2.05) is 19.1 Å². The van der Waals surface area contributed by atoms with Crippen LogP contribution in [-0.4, -0.2) is 13.6 Å². The summed E-state index contributed by atoms with van der Waals surface area (Å²) in [6, 6.07) is 6.24. The van der Waals surface area contributed by atoms with Crippen LogP contribution in [-0.2, 0) is 10.0 Å². The van der Waals surface area contributed by atoms with Crippen LogP contribution >= 0.6 is 0 Å². The highest BCUT2D eigenvalue weighted by molar-refractivity contribution is 7.89. The third-order valence-electron chi connectivity index (χ3n) is 3.32. The summed E-state index contributed by atoms with van der Waals surface area (Å²) < 4.78 is 28.1. The molecular weight excluding hydrogens is 324 g/mol. The van der Waals surface area contributed by atoms with Crippen molar-refractivity contribution in [2.45, 2.75) is 18.7 Å². The van der Waals surface area contributed by atoms with Crippen molar-refractivity contribution in [1.29, 1.82) is 0 Å². The summed E-state index contributed by atoms with van der Waals surface area (Å²) in [5.41, 5.74) is 5.88. The number of allylic oxidation sites excluding steroid dienone is 4. The number of rotatable bonds is 5. The number of aryl methyl sites for hydroxylation is 1. The Morgan fingerprint density at radius 3 is 2.54 bits per heavy atom. The molecule has 6 heteroatoms. The fourth-order valence-corrected chi connectivity index (χ4v) is 2.68. The first-order valence-corrected chi connectivity index (χ1v) is 8.73. The lowest BCUT2D eigenvalue weighted by atomic mass is 10.00. The number of benzene rings is 1. The minimum atomic E-state index is -3.73. The Kier molecular flexibility index (Phi) is 5.36. The fourth-order valence-electron chi connectivity index (χ4n) is 2.17. The lowest BCUT2D eigenvalue weighted by molar-refractivity contribution is 0.396. The standard InChI is InChI=1S/C18H18N2O3S/c1-4-6-7-8-14(5-2)18-17(13(3)23-20-18)15-9-11-16(12-10-15)24(19,21)22/h4-7,9-12H,2H2,1,3H3,(H2,19,21,22)/b6-4-. The second-order valence-electron chi connectivity index (χ2n) is 4.99. The molecule has 0 spiro atoms. The van der Waals surface area contributed by atoms with Gasteiger partial charge in [-0.05, 0) is 37.6 Å². The van der Waals surface area contributed by atoms with Crippen molar-refractivity contribution in [2.24, 2.45) is 5.14 Å². The maximum absolute atomic E-state index is 11.4. The summed E-state index contributed by atoms with van der Waals surface area (Å²) in [4.78, 5) is 0.0503. The summed E-state index contributed by atoms with van der Waals surface area (Å²) >= 11 is 0. The van der Waals surface area contributed by atoms with Gasteiger partial charge in [-0.2, -0.15) is 0 Å². The van der Waals surface area contributed by atoms with Gasteiger partial charge in [0.25, 0.3) is 0 Å². The number of aromatic nitrogens is 1. The first-order valence-electron chi connectivity index (χ1n) is 7.18. The molecule has 0 aliphatic heterocycles. The number of nitrogens with zero attached hydrogens (tertiary/aromatic N) is 1. The van der Waals surface area contributed by atoms with Gasteiger partial charge in [-0.25, -0.2) is 13.6 Å². The number of hydrogen-bond acceptors (Lipinski definition) is 4.